The van der Waals surface area contributed by atoms with E-state index in [9.17, 15) is 0 Å². The molecule has 0 bridgehead atoms. The third-order valence-corrected chi connectivity index (χ3v) is 2.86. The zero-order valence-corrected chi connectivity index (χ0v) is 7.62. The van der Waals surface area contributed by atoms with E-state index < -0.39 is 0 Å². The summed E-state index contributed by atoms with van der Waals surface area (Å²) >= 11 is 0. The van der Waals surface area contributed by atoms with Crippen LogP contribution in [0.15, 0.2) is 11.1 Å². The molecule has 0 aromatic heterocycles. The second-order valence-corrected chi connectivity index (χ2v) is 3.57. The largest absolute Gasteiger partial charge is 0.330 e. The average Bonchev–Trinajstić information content (AvgIpc) is 1.72. The molecule has 0 heterocycles. The van der Waals surface area contributed by atoms with Gasteiger partial charge in [0, 0.05) is 0 Å². The Hall–Kier alpha value is -0.0100. The maximum absolute atomic E-state index is 5.53. The summed E-state index contributed by atoms with van der Waals surface area (Å²) in [6, 6.07) is 0. The lowest BCUT2D eigenvalue weighted by molar-refractivity contribution is 0.411. The lowest BCUT2D eigenvalue weighted by Gasteiger charge is -2.34. The zero-order valence-electron chi connectivity index (χ0n) is 6.81. The lowest BCUT2D eigenvalue weighted by atomic mass is 9.73. The molecule has 0 spiro atoms. The molecule has 0 saturated heterocycles. The summed E-state index contributed by atoms with van der Waals surface area (Å²) in [5, 5.41) is 0. The molecule has 2 rings (SSSR count). The van der Waals surface area contributed by atoms with Crippen molar-refractivity contribution >= 4 is 12.4 Å². The van der Waals surface area contributed by atoms with Crippen LogP contribution in [0.5, 0.6) is 0 Å². The van der Waals surface area contributed by atoms with E-state index in [4.69, 9.17) is 5.73 Å². The highest BCUT2D eigenvalue weighted by molar-refractivity contribution is 5.85. The minimum atomic E-state index is 0. The Morgan fingerprint density at radius 1 is 1.18 bits per heavy atom. The van der Waals surface area contributed by atoms with Gasteiger partial charge in [0.15, 0.2) is 0 Å². The molecule has 64 valence electrons. The first-order valence-corrected chi connectivity index (χ1v) is 4.30. The molecular weight excluding hydrogens is 158 g/mol. The van der Waals surface area contributed by atoms with Gasteiger partial charge in [0.05, 0.1) is 0 Å². The Kier molecular flexibility index (Phi) is 2.97. The molecule has 11 heavy (non-hydrogen) atoms. The first kappa shape index (κ1) is 9.08. The van der Waals surface area contributed by atoms with Gasteiger partial charge in [-0.1, -0.05) is 11.1 Å². The van der Waals surface area contributed by atoms with Crippen molar-refractivity contribution in [1.82, 2.24) is 0 Å². The summed E-state index contributed by atoms with van der Waals surface area (Å²) < 4.78 is 0. The van der Waals surface area contributed by atoms with Crippen molar-refractivity contribution in [2.24, 2.45) is 11.7 Å². The lowest BCUT2D eigenvalue weighted by Crippen LogP contribution is -2.25. The number of hydrogen-bond donors (Lipinski definition) is 1. The quantitative estimate of drug-likeness (QED) is 0.605. The van der Waals surface area contributed by atoms with Crippen molar-refractivity contribution in [2.45, 2.75) is 32.1 Å². The molecule has 2 fully saturated rings. The molecule has 0 aromatic carbocycles. The van der Waals surface area contributed by atoms with Gasteiger partial charge in [-0.25, -0.2) is 0 Å². The summed E-state index contributed by atoms with van der Waals surface area (Å²) in [6.45, 7) is 0.900. The number of halogens is 1. The van der Waals surface area contributed by atoms with Gasteiger partial charge >= 0.3 is 0 Å². The molecule has 2 saturated carbocycles. The summed E-state index contributed by atoms with van der Waals surface area (Å²) in [7, 11) is 0. The Morgan fingerprint density at radius 2 is 1.82 bits per heavy atom. The predicted molar refractivity (Wildman–Crippen MR) is 49.9 cm³/mol. The Morgan fingerprint density at radius 3 is 2.18 bits per heavy atom. The Labute approximate surface area is 74.5 Å². The molecule has 0 unspecified atom stereocenters. The number of hydrogen-bond acceptors (Lipinski definition) is 1. The van der Waals surface area contributed by atoms with Crippen LogP contribution < -0.4 is 5.73 Å². The van der Waals surface area contributed by atoms with Crippen LogP contribution in [0.4, 0.5) is 0 Å². The molecule has 0 atom stereocenters. The van der Waals surface area contributed by atoms with Gasteiger partial charge in [-0.2, -0.15) is 0 Å². The van der Waals surface area contributed by atoms with Crippen LogP contribution in [0.25, 0.3) is 0 Å². The van der Waals surface area contributed by atoms with Crippen LogP contribution in [0, 0.1) is 5.92 Å². The van der Waals surface area contributed by atoms with Crippen molar-refractivity contribution in [1.29, 1.82) is 0 Å². The first-order chi connectivity index (χ1) is 4.90. The fourth-order valence-corrected chi connectivity index (χ4v) is 1.80. The van der Waals surface area contributed by atoms with Crippen molar-refractivity contribution in [3.05, 3.63) is 11.1 Å². The van der Waals surface area contributed by atoms with Gasteiger partial charge in [-0.15, -0.1) is 12.4 Å². The summed E-state index contributed by atoms with van der Waals surface area (Å²) in [6.07, 6.45) is 6.88. The van der Waals surface area contributed by atoms with Crippen LogP contribution >= 0.6 is 12.4 Å². The number of nitrogens with two attached hydrogens (primary N) is 1. The highest BCUT2D eigenvalue weighted by Crippen LogP contribution is 2.41. The van der Waals surface area contributed by atoms with E-state index in [0.29, 0.717) is 0 Å². The van der Waals surface area contributed by atoms with Gasteiger partial charge in [0.25, 0.3) is 0 Å². The smallest absolute Gasteiger partial charge is 0.00427 e. The van der Waals surface area contributed by atoms with E-state index >= 15 is 0 Å². The molecule has 2 aliphatic rings. The summed E-state index contributed by atoms with van der Waals surface area (Å²) in [5.41, 5.74) is 9.05. The second-order valence-electron chi connectivity index (χ2n) is 3.57. The summed E-state index contributed by atoms with van der Waals surface area (Å²) in [5.74, 6) is 0.836. The van der Waals surface area contributed by atoms with E-state index in [2.05, 4.69) is 0 Å². The minimum Gasteiger partial charge on any atom is -0.330 e. The van der Waals surface area contributed by atoms with Crippen molar-refractivity contribution in [3.8, 4) is 0 Å². The van der Waals surface area contributed by atoms with E-state index in [1.165, 1.54) is 32.1 Å². The van der Waals surface area contributed by atoms with Gasteiger partial charge < -0.3 is 5.73 Å². The van der Waals surface area contributed by atoms with Gasteiger partial charge in [-0.05, 0) is 44.6 Å². The van der Waals surface area contributed by atoms with Crippen molar-refractivity contribution in [2.75, 3.05) is 6.54 Å². The third kappa shape index (κ3) is 1.60. The zero-order chi connectivity index (χ0) is 6.97. The van der Waals surface area contributed by atoms with E-state index in [-0.39, 0.29) is 12.4 Å². The summed E-state index contributed by atoms with van der Waals surface area (Å²) in [4.78, 5) is 0. The van der Waals surface area contributed by atoms with Crippen LogP contribution in [0.1, 0.15) is 32.1 Å². The molecule has 0 radical (unpaired) electrons. The molecule has 2 heteroatoms. The number of rotatable bonds is 1. The average molecular weight is 174 g/mol. The van der Waals surface area contributed by atoms with Crippen molar-refractivity contribution < 1.29 is 0 Å². The monoisotopic (exact) mass is 173 g/mol. The van der Waals surface area contributed by atoms with Crippen LogP contribution in [0.3, 0.4) is 0 Å². The minimum absolute atomic E-state index is 0. The highest BCUT2D eigenvalue weighted by Gasteiger charge is 2.26. The van der Waals surface area contributed by atoms with Crippen LogP contribution in [-0.4, -0.2) is 6.54 Å². The van der Waals surface area contributed by atoms with Crippen LogP contribution in [-0.2, 0) is 0 Å². The van der Waals surface area contributed by atoms with E-state index in [0.717, 1.165) is 12.5 Å². The molecule has 1 nitrogen and oxygen atoms in total. The number of allylic oxidation sites excluding steroid dienone is 2. The van der Waals surface area contributed by atoms with Crippen molar-refractivity contribution in [3.63, 3.8) is 0 Å². The van der Waals surface area contributed by atoms with Gasteiger partial charge in [0.2, 0.25) is 0 Å². The topological polar surface area (TPSA) is 26.0 Å². The van der Waals surface area contributed by atoms with Gasteiger partial charge in [-0.3, -0.25) is 0 Å². The van der Waals surface area contributed by atoms with Crippen LogP contribution in [0.2, 0.25) is 0 Å². The maximum atomic E-state index is 5.53. The second kappa shape index (κ2) is 3.59. The Balaban J connectivity index is 0.000000605. The maximum Gasteiger partial charge on any atom is -0.00427 e. The molecule has 2 aliphatic carbocycles. The normalized spacial score (nSPS) is 28.6. The SMILES string of the molecule is Cl.NCC1CC(=C2CCC2)C1. The fourth-order valence-electron chi connectivity index (χ4n) is 1.80. The standard InChI is InChI=1S/C9H15N.ClH/c10-6-7-4-9(5-7)8-2-1-3-8;/h7H,1-6,10H2;1H. The Bertz CT molecular complexity index is 160. The molecule has 2 N–H and O–H groups in total. The van der Waals surface area contributed by atoms with E-state index in [1.807, 2.05) is 0 Å². The molecule has 0 aliphatic heterocycles. The predicted octanol–water partition coefficient (Wildman–Crippen LogP) is 2.26. The molecule has 0 amide bonds. The van der Waals surface area contributed by atoms with Gasteiger partial charge in [0.1, 0.15) is 0 Å². The third-order valence-electron chi connectivity index (χ3n) is 2.86. The fraction of sp³-hybridized carbons (Fsp3) is 0.778. The van der Waals surface area contributed by atoms with E-state index in [1.54, 1.807) is 11.1 Å². The highest BCUT2D eigenvalue weighted by atomic mass is 35.5. The molecule has 0 aromatic rings. The molecular formula is C9H16ClN. The first-order valence-electron chi connectivity index (χ1n) is 4.30.